The van der Waals surface area contributed by atoms with E-state index in [0.717, 1.165) is 6.42 Å². The Labute approximate surface area is 88.2 Å². The smallest absolute Gasteiger partial charge is 0.301 e. The first-order valence-electron chi connectivity index (χ1n) is 4.73. The van der Waals surface area contributed by atoms with Crippen molar-refractivity contribution in [2.75, 3.05) is 19.0 Å². The van der Waals surface area contributed by atoms with Gasteiger partial charge in [0, 0.05) is 18.5 Å². The summed E-state index contributed by atoms with van der Waals surface area (Å²) in [4.78, 5) is 1.80. The van der Waals surface area contributed by atoms with Crippen LogP contribution in [-0.4, -0.2) is 36.1 Å². The second kappa shape index (κ2) is 6.51. The quantitative estimate of drug-likeness (QED) is 0.634. The highest BCUT2D eigenvalue weighted by Crippen LogP contribution is 2.20. The molecule has 0 aromatic heterocycles. The molecule has 0 amide bonds. The zero-order valence-electron chi connectivity index (χ0n) is 8.57. The lowest BCUT2D eigenvalue weighted by molar-refractivity contribution is -0.138. The minimum atomic E-state index is -4.06. The highest BCUT2D eigenvalue weighted by Gasteiger charge is 2.28. The van der Waals surface area contributed by atoms with E-state index in [1.807, 2.05) is 13.8 Å². The zero-order chi connectivity index (χ0) is 11.2. The Hall–Kier alpha value is 0.0400. The largest absolute Gasteiger partial charge is 0.390 e. The van der Waals surface area contributed by atoms with Crippen molar-refractivity contribution in [3.05, 3.63) is 0 Å². The summed E-state index contributed by atoms with van der Waals surface area (Å²) in [7, 11) is 0. The van der Waals surface area contributed by atoms with Gasteiger partial charge in [-0.1, -0.05) is 0 Å². The lowest BCUT2D eigenvalue weighted by atomic mass is 10.2. The van der Waals surface area contributed by atoms with Crippen LogP contribution in [0, 0.1) is 0 Å². The molecule has 0 heterocycles. The van der Waals surface area contributed by atoms with Crippen molar-refractivity contribution in [3.8, 4) is 0 Å². The van der Waals surface area contributed by atoms with E-state index in [0.29, 0.717) is 12.4 Å². The number of hydrogen-bond acceptors (Lipinski definition) is 1. The Balaban J connectivity index is 3.85. The van der Waals surface area contributed by atoms with Crippen LogP contribution in [0.1, 0.15) is 26.7 Å². The third-order valence-corrected chi connectivity index (χ3v) is 2.26. The first-order chi connectivity index (χ1) is 6.37. The van der Waals surface area contributed by atoms with Gasteiger partial charge in [-0.05, 0) is 26.8 Å². The molecule has 0 aromatic rings. The number of halogens is 4. The monoisotopic (exact) mass is 231 g/mol. The summed E-state index contributed by atoms with van der Waals surface area (Å²) in [5, 5.41) is 0. The van der Waals surface area contributed by atoms with E-state index in [2.05, 4.69) is 0 Å². The van der Waals surface area contributed by atoms with Crippen LogP contribution in [0.5, 0.6) is 0 Å². The Kier molecular flexibility index (Phi) is 6.53. The summed E-state index contributed by atoms with van der Waals surface area (Å²) in [5.41, 5.74) is 0. The average molecular weight is 232 g/mol. The van der Waals surface area contributed by atoms with Crippen LogP contribution in [0.2, 0.25) is 0 Å². The van der Waals surface area contributed by atoms with Gasteiger partial charge in [-0.15, -0.1) is 11.6 Å². The lowest BCUT2D eigenvalue weighted by Crippen LogP contribution is -2.35. The SMILES string of the molecule is CC(C)N(CCCCl)CCC(F)(F)F. The van der Waals surface area contributed by atoms with Crippen molar-refractivity contribution in [2.45, 2.75) is 38.9 Å². The molecule has 0 spiro atoms. The van der Waals surface area contributed by atoms with Gasteiger partial charge in [0.2, 0.25) is 0 Å². The molecular weight excluding hydrogens is 215 g/mol. The van der Waals surface area contributed by atoms with Crippen molar-refractivity contribution < 1.29 is 13.2 Å². The molecule has 0 rings (SSSR count). The fourth-order valence-corrected chi connectivity index (χ4v) is 1.28. The van der Waals surface area contributed by atoms with Crippen molar-refractivity contribution in [1.29, 1.82) is 0 Å². The Bertz CT molecular complexity index is 147. The van der Waals surface area contributed by atoms with Gasteiger partial charge in [0.25, 0.3) is 0 Å². The molecule has 1 nitrogen and oxygen atoms in total. The normalized spacial score (nSPS) is 12.9. The Morgan fingerprint density at radius 2 is 1.79 bits per heavy atom. The van der Waals surface area contributed by atoms with E-state index in [1.165, 1.54) is 0 Å². The third kappa shape index (κ3) is 7.44. The number of hydrogen-bond donors (Lipinski definition) is 0. The van der Waals surface area contributed by atoms with Crippen LogP contribution in [-0.2, 0) is 0 Å². The van der Waals surface area contributed by atoms with Crippen molar-refractivity contribution in [3.63, 3.8) is 0 Å². The van der Waals surface area contributed by atoms with Gasteiger partial charge in [-0.25, -0.2) is 0 Å². The van der Waals surface area contributed by atoms with Gasteiger partial charge >= 0.3 is 6.18 Å². The molecule has 0 saturated heterocycles. The molecule has 0 aromatic carbocycles. The maximum atomic E-state index is 11.9. The number of rotatable bonds is 6. The summed E-state index contributed by atoms with van der Waals surface area (Å²) in [6.45, 7) is 4.49. The molecule has 0 atom stereocenters. The molecule has 0 aliphatic carbocycles. The molecular formula is C9H17ClF3N. The lowest BCUT2D eigenvalue weighted by Gasteiger charge is -2.26. The van der Waals surface area contributed by atoms with Crippen molar-refractivity contribution in [1.82, 2.24) is 4.90 Å². The predicted molar refractivity (Wildman–Crippen MR) is 52.7 cm³/mol. The minimum Gasteiger partial charge on any atom is -0.301 e. The van der Waals surface area contributed by atoms with E-state index in [-0.39, 0.29) is 12.6 Å². The van der Waals surface area contributed by atoms with E-state index < -0.39 is 12.6 Å². The maximum absolute atomic E-state index is 11.9. The molecule has 86 valence electrons. The highest BCUT2D eigenvalue weighted by molar-refractivity contribution is 6.17. The van der Waals surface area contributed by atoms with Gasteiger partial charge < -0.3 is 4.90 Å². The van der Waals surface area contributed by atoms with Gasteiger partial charge in [0.15, 0.2) is 0 Å². The number of nitrogens with zero attached hydrogens (tertiary/aromatic N) is 1. The summed E-state index contributed by atoms with van der Waals surface area (Å²) in [6.07, 6.45) is -4.07. The standard InChI is InChI=1S/C9H17ClF3N/c1-8(2)14(6-3-5-10)7-4-9(11,12)13/h8H,3-7H2,1-2H3. The molecule has 14 heavy (non-hydrogen) atoms. The van der Waals surface area contributed by atoms with Crippen molar-refractivity contribution >= 4 is 11.6 Å². The van der Waals surface area contributed by atoms with Gasteiger partial charge in [0.1, 0.15) is 0 Å². The van der Waals surface area contributed by atoms with Crippen LogP contribution in [0.3, 0.4) is 0 Å². The molecule has 0 N–H and O–H groups in total. The van der Waals surface area contributed by atoms with Crippen LogP contribution >= 0.6 is 11.6 Å². The summed E-state index contributed by atoms with van der Waals surface area (Å²) >= 11 is 5.49. The first-order valence-corrected chi connectivity index (χ1v) is 5.27. The van der Waals surface area contributed by atoms with E-state index >= 15 is 0 Å². The van der Waals surface area contributed by atoms with E-state index in [9.17, 15) is 13.2 Å². The molecule has 0 saturated carbocycles. The van der Waals surface area contributed by atoms with Crippen LogP contribution in [0.4, 0.5) is 13.2 Å². The van der Waals surface area contributed by atoms with Crippen molar-refractivity contribution in [2.24, 2.45) is 0 Å². The zero-order valence-corrected chi connectivity index (χ0v) is 9.33. The van der Waals surface area contributed by atoms with Crippen LogP contribution in [0.25, 0.3) is 0 Å². The second-order valence-corrected chi connectivity index (χ2v) is 3.92. The molecule has 0 fully saturated rings. The number of alkyl halides is 4. The Morgan fingerprint density at radius 1 is 1.21 bits per heavy atom. The molecule has 0 unspecified atom stereocenters. The fourth-order valence-electron chi connectivity index (χ4n) is 1.16. The summed E-state index contributed by atoms with van der Waals surface area (Å²) in [6, 6.07) is 0.139. The fraction of sp³-hybridized carbons (Fsp3) is 1.00. The highest BCUT2D eigenvalue weighted by atomic mass is 35.5. The minimum absolute atomic E-state index is 0.0675. The average Bonchev–Trinajstić information content (AvgIpc) is 2.01. The third-order valence-electron chi connectivity index (χ3n) is 1.99. The molecule has 5 heteroatoms. The van der Waals surface area contributed by atoms with Gasteiger partial charge in [-0.3, -0.25) is 0 Å². The van der Waals surface area contributed by atoms with Crippen LogP contribution < -0.4 is 0 Å². The molecule has 0 radical (unpaired) electrons. The van der Waals surface area contributed by atoms with E-state index in [1.54, 1.807) is 4.90 Å². The Morgan fingerprint density at radius 3 is 2.14 bits per heavy atom. The predicted octanol–water partition coefficient (Wildman–Crippen LogP) is 3.28. The molecule has 0 aliphatic heterocycles. The first kappa shape index (κ1) is 14.0. The molecule has 0 bridgehead atoms. The van der Waals surface area contributed by atoms with E-state index in [4.69, 9.17) is 11.6 Å². The van der Waals surface area contributed by atoms with Gasteiger partial charge in [-0.2, -0.15) is 13.2 Å². The van der Waals surface area contributed by atoms with Crippen LogP contribution in [0.15, 0.2) is 0 Å². The van der Waals surface area contributed by atoms with Gasteiger partial charge in [0.05, 0.1) is 6.42 Å². The topological polar surface area (TPSA) is 3.24 Å². The summed E-state index contributed by atoms with van der Waals surface area (Å²) < 4.78 is 35.8. The maximum Gasteiger partial charge on any atom is 0.390 e. The molecule has 0 aliphatic rings. The summed E-state index contributed by atoms with van der Waals surface area (Å²) in [5.74, 6) is 0.495. The second-order valence-electron chi connectivity index (χ2n) is 3.54.